The van der Waals surface area contributed by atoms with Crippen LogP contribution in [0.2, 0.25) is 0 Å². The molecular formula is C13H17NOS. The monoisotopic (exact) mass is 235 g/mol. The molecule has 1 unspecified atom stereocenters. The summed E-state index contributed by atoms with van der Waals surface area (Å²) in [5, 5.41) is 3.36. The highest BCUT2D eigenvalue weighted by Crippen LogP contribution is 2.26. The van der Waals surface area contributed by atoms with Crippen molar-refractivity contribution in [3.05, 3.63) is 46.0 Å². The number of thiophene rings is 1. The molecule has 2 rings (SSSR count). The van der Waals surface area contributed by atoms with E-state index in [1.54, 1.807) is 6.26 Å². The van der Waals surface area contributed by atoms with E-state index in [4.69, 9.17) is 4.42 Å². The van der Waals surface area contributed by atoms with Crippen molar-refractivity contribution in [3.8, 4) is 0 Å². The van der Waals surface area contributed by atoms with E-state index in [1.807, 2.05) is 30.7 Å². The van der Waals surface area contributed by atoms with Crippen molar-refractivity contribution in [2.45, 2.75) is 25.8 Å². The highest BCUT2D eigenvalue weighted by molar-refractivity contribution is 7.12. The Labute approximate surface area is 100 Å². The van der Waals surface area contributed by atoms with Crippen molar-refractivity contribution < 1.29 is 4.42 Å². The highest BCUT2D eigenvalue weighted by Gasteiger charge is 2.12. The van der Waals surface area contributed by atoms with Crippen molar-refractivity contribution in [1.82, 2.24) is 5.32 Å². The summed E-state index contributed by atoms with van der Waals surface area (Å²) in [4.78, 5) is 2.85. The van der Waals surface area contributed by atoms with Crippen LogP contribution in [0.5, 0.6) is 0 Å². The summed E-state index contributed by atoms with van der Waals surface area (Å²) in [6.45, 7) is 2.19. The molecule has 0 amide bonds. The third-order valence-electron chi connectivity index (χ3n) is 2.74. The van der Waals surface area contributed by atoms with Gasteiger partial charge in [-0.2, -0.15) is 0 Å². The van der Waals surface area contributed by atoms with Crippen molar-refractivity contribution in [2.24, 2.45) is 0 Å². The molecule has 0 radical (unpaired) electrons. The van der Waals surface area contributed by atoms with E-state index < -0.39 is 0 Å². The summed E-state index contributed by atoms with van der Waals surface area (Å²) in [5.74, 6) is 0. The molecule has 2 aromatic rings. The number of aryl methyl sites for hydroxylation is 1. The third kappa shape index (κ3) is 2.54. The Kier molecular flexibility index (Phi) is 3.80. The molecule has 16 heavy (non-hydrogen) atoms. The summed E-state index contributed by atoms with van der Waals surface area (Å²) < 4.78 is 5.10. The van der Waals surface area contributed by atoms with Gasteiger partial charge in [-0.05, 0) is 43.7 Å². The molecular weight excluding hydrogens is 218 g/mol. The van der Waals surface area contributed by atoms with Crippen LogP contribution in [0.25, 0.3) is 0 Å². The van der Waals surface area contributed by atoms with Crippen LogP contribution >= 0.6 is 11.3 Å². The average molecular weight is 235 g/mol. The average Bonchev–Trinajstić information content (AvgIpc) is 2.96. The molecule has 0 aliphatic rings. The molecule has 86 valence electrons. The second kappa shape index (κ2) is 5.32. The van der Waals surface area contributed by atoms with Gasteiger partial charge in [-0.15, -0.1) is 11.3 Å². The summed E-state index contributed by atoms with van der Waals surface area (Å²) >= 11 is 1.89. The molecule has 1 N–H and O–H groups in total. The Morgan fingerprint density at radius 2 is 2.25 bits per heavy atom. The van der Waals surface area contributed by atoms with Crippen molar-refractivity contribution >= 4 is 11.3 Å². The molecule has 1 atom stereocenters. The maximum Gasteiger partial charge on any atom is 0.0935 e. The molecule has 0 aliphatic heterocycles. The number of furan rings is 1. The van der Waals surface area contributed by atoms with Crippen LogP contribution < -0.4 is 5.32 Å². The van der Waals surface area contributed by atoms with Gasteiger partial charge >= 0.3 is 0 Å². The van der Waals surface area contributed by atoms with Gasteiger partial charge in [0.25, 0.3) is 0 Å². The van der Waals surface area contributed by atoms with Gasteiger partial charge in [0.15, 0.2) is 0 Å². The second-order valence-corrected chi connectivity index (χ2v) is 5.03. The maximum atomic E-state index is 5.10. The Morgan fingerprint density at radius 3 is 2.81 bits per heavy atom. The van der Waals surface area contributed by atoms with Gasteiger partial charge in [-0.1, -0.05) is 6.92 Å². The first-order valence-corrected chi connectivity index (χ1v) is 6.42. The topological polar surface area (TPSA) is 25.2 Å². The van der Waals surface area contributed by atoms with Crippen molar-refractivity contribution in [3.63, 3.8) is 0 Å². The summed E-state index contributed by atoms with van der Waals surface area (Å²) in [5.41, 5.74) is 1.24. The maximum absolute atomic E-state index is 5.10. The molecule has 0 aromatic carbocycles. The number of hydrogen-bond donors (Lipinski definition) is 1. The summed E-state index contributed by atoms with van der Waals surface area (Å²) in [7, 11) is 2.01. The summed E-state index contributed by atoms with van der Waals surface area (Å²) in [6, 6.07) is 6.87. The van der Waals surface area contributed by atoms with Crippen molar-refractivity contribution in [2.75, 3.05) is 7.05 Å². The molecule has 0 saturated heterocycles. The van der Waals surface area contributed by atoms with Crippen molar-refractivity contribution in [1.29, 1.82) is 0 Å². The van der Waals surface area contributed by atoms with E-state index in [9.17, 15) is 0 Å². The zero-order valence-corrected chi connectivity index (χ0v) is 10.5. The van der Waals surface area contributed by atoms with E-state index in [1.165, 1.54) is 15.3 Å². The van der Waals surface area contributed by atoms with Crippen LogP contribution in [0, 0.1) is 0 Å². The number of hydrogen-bond acceptors (Lipinski definition) is 3. The van der Waals surface area contributed by atoms with Crippen LogP contribution in [0.15, 0.2) is 35.1 Å². The fourth-order valence-electron chi connectivity index (χ4n) is 1.76. The quantitative estimate of drug-likeness (QED) is 0.859. The fraction of sp³-hybridized carbons (Fsp3) is 0.385. The van der Waals surface area contributed by atoms with Crippen LogP contribution in [0.3, 0.4) is 0 Å². The largest absolute Gasteiger partial charge is 0.472 e. The van der Waals surface area contributed by atoms with Gasteiger partial charge in [-0.3, -0.25) is 0 Å². The lowest BCUT2D eigenvalue weighted by Crippen LogP contribution is -2.17. The number of likely N-dealkylation sites (N-methyl/N-ethyl adjacent to an activating group) is 1. The Balaban J connectivity index is 2.10. The zero-order valence-electron chi connectivity index (χ0n) is 9.69. The first-order valence-electron chi connectivity index (χ1n) is 5.60. The Hall–Kier alpha value is -1.06. The van der Waals surface area contributed by atoms with Gasteiger partial charge in [-0.25, -0.2) is 0 Å². The minimum Gasteiger partial charge on any atom is -0.472 e. The molecule has 2 aromatic heterocycles. The van der Waals surface area contributed by atoms with Crippen LogP contribution in [0.1, 0.15) is 28.3 Å². The van der Waals surface area contributed by atoms with Crippen LogP contribution in [0.4, 0.5) is 0 Å². The SMILES string of the molecule is CCc1ccc(C(Cc2ccoc2)NC)s1. The van der Waals surface area contributed by atoms with E-state index in [0.29, 0.717) is 6.04 Å². The summed E-state index contributed by atoms with van der Waals surface area (Å²) in [6.07, 6.45) is 5.65. The fourth-order valence-corrected chi connectivity index (χ4v) is 2.82. The standard InChI is InChI=1S/C13H17NOS/c1-3-11-4-5-13(16-11)12(14-2)8-10-6-7-15-9-10/h4-7,9,12,14H,3,8H2,1-2H3. The number of nitrogens with one attached hydrogen (secondary N) is 1. The lowest BCUT2D eigenvalue weighted by molar-refractivity contribution is 0.554. The lowest BCUT2D eigenvalue weighted by atomic mass is 10.1. The Bertz CT molecular complexity index is 419. The Morgan fingerprint density at radius 1 is 1.38 bits per heavy atom. The molecule has 2 heterocycles. The van der Waals surface area contributed by atoms with Gasteiger partial charge in [0.05, 0.1) is 12.5 Å². The zero-order chi connectivity index (χ0) is 11.4. The van der Waals surface area contributed by atoms with E-state index in [0.717, 1.165) is 12.8 Å². The molecule has 0 spiro atoms. The predicted octanol–water partition coefficient (Wildman–Crippen LogP) is 3.41. The third-order valence-corrected chi connectivity index (χ3v) is 4.09. The first-order chi connectivity index (χ1) is 7.83. The normalized spacial score (nSPS) is 12.9. The molecule has 0 bridgehead atoms. The number of rotatable bonds is 5. The van der Waals surface area contributed by atoms with Crippen LogP contribution in [-0.4, -0.2) is 7.05 Å². The minimum atomic E-state index is 0.392. The molecule has 0 fully saturated rings. The van der Waals surface area contributed by atoms with Gasteiger partial charge in [0.1, 0.15) is 0 Å². The highest BCUT2D eigenvalue weighted by atomic mass is 32.1. The molecule has 2 nitrogen and oxygen atoms in total. The smallest absolute Gasteiger partial charge is 0.0935 e. The minimum absolute atomic E-state index is 0.392. The van der Waals surface area contributed by atoms with Crippen LogP contribution in [-0.2, 0) is 12.8 Å². The molecule has 0 aliphatic carbocycles. The van der Waals surface area contributed by atoms with E-state index in [2.05, 4.69) is 24.4 Å². The van der Waals surface area contributed by atoms with Gasteiger partial charge in [0, 0.05) is 15.8 Å². The predicted molar refractivity (Wildman–Crippen MR) is 67.9 cm³/mol. The van der Waals surface area contributed by atoms with E-state index >= 15 is 0 Å². The van der Waals surface area contributed by atoms with Gasteiger partial charge < -0.3 is 9.73 Å². The van der Waals surface area contributed by atoms with Gasteiger partial charge in [0.2, 0.25) is 0 Å². The first kappa shape index (κ1) is 11.4. The molecule has 0 saturated carbocycles. The second-order valence-electron chi connectivity index (χ2n) is 3.83. The van der Waals surface area contributed by atoms with E-state index in [-0.39, 0.29) is 0 Å². The molecule has 3 heteroatoms. The lowest BCUT2D eigenvalue weighted by Gasteiger charge is -2.12.